The zero-order valence-electron chi connectivity index (χ0n) is 8.97. The van der Waals surface area contributed by atoms with E-state index in [4.69, 9.17) is 14.6 Å². The molecule has 2 aromatic carbocycles. The summed E-state index contributed by atoms with van der Waals surface area (Å²) >= 11 is 0. The SMILES string of the molecule is Oc1ccc(F)cc1.c1ccc2c(c1)OCO2. The first-order valence-corrected chi connectivity index (χ1v) is 5.05. The van der Waals surface area contributed by atoms with Crippen LogP contribution in [0, 0.1) is 5.82 Å². The molecule has 0 bridgehead atoms. The number of aromatic hydroxyl groups is 1. The van der Waals surface area contributed by atoms with Crippen LogP contribution in [-0.4, -0.2) is 11.9 Å². The van der Waals surface area contributed by atoms with Crippen LogP contribution in [0.2, 0.25) is 0 Å². The van der Waals surface area contributed by atoms with Gasteiger partial charge in [-0.1, -0.05) is 12.1 Å². The van der Waals surface area contributed by atoms with E-state index in [1.807, 2.05) is 24.3 Å². The van der Waals surface area contributed by atoms with Crippen molar-refractivity contribution in [1.29, 1.82) is 0 Å². The number of ether oxygens (including phenoxy) is 2. The van der Waals surface area contributed by atoms with Crippen molar-refractivity contribution in [1.82, 2.24) is 0 Å². The monoisotopic (exact) mass is 234 g/mol. The van der Waals surface area contributed by atoms with Gasteiger partial charge in [-0.15, -0.1) is 0 Å². The van der Waals surface area contributed by atoms with Gasteiger partial charge in [0.25, 0.3) is 0 Å². The number of para-hydroxylation sites is 2. The number of fused-ring (bicyclic) bond motifs is 1. The highest BCUT2D eigenvalue weighted by atomic mass is 19.1. The van der Waals surface area contributed by atoms with E-state index in [1.54, 1.807) is 0 Å². The molecule has 3 nitrogen and oxygen atoms in total. The van der Waals surface area contributed by atoms with Crippen LogP contribution in [0.25, 0.3) is 0 Å². The number of phenolic OH excluding ortho intramolecular Hbond substituents is 1. The van der Waals surface area contributed by atoms with Crippen LogP contribution in [0.1, 0.15) is 0 Å². The molecule has 0 atom stereocenters. The van der Waals surface area contributed by atoms with Crippen LogP contribution in [0.5, 0.6) is 17.2 Å². The van der Waals surface area contributed by atoms with Crippen molar-refractivity contribution >= 4 is 0 Å². The van der Waals surface area contributed by atoms with Crippen molar-refractivity contribution < 1.29 is 19.0 Å². The van der Waals surface area contributed by atoms with Gasteiger partial charge >= 0.3 is 0 Å². The summed E-state index contributed by atoms with van der Waals surface area (Å²) in [5.41, 5.74) is 0. The average Bonchev–Trinajstić information content (AvgIpc) is 2.82. The Balaban J connectivity index is 0.000000128. The second-order valence-electron chi connectivity index (χ2n) is 3.33. The Kier molecular flexibility index (Phi) is 3.45. The first-order valence-electron chi connectivity index (χ1n) is 5.05. The van der Waals surface area contributed by atoms with E-state index in [0.29, 0.717) is 6.79 Å². The summed E-state index contributed by atoms with van der Waals surface area (Å²) in [5, 5.41) is 8.59. The summed E-state index contributed by atoms with van der Waals surface area (Å²) in [6.45, 7) is 0.360. The average molecular weight is 234 g/mol. The molecular weight excluding hydrogens is 223 g/mol. The quantitative estimate of drug-likeness (QED) is 0.761. The number of hydrogen-bond acceptors (Lipinski definition) is 3. The minimum atomic E-state index is -0.331. The van der Waals surface area contributed by atoms with Gasteiger partial charge in [-0.2, -0.15) is 0 Å². The van der Waals surface area contributed by atoms with E-state index >= 15 is 0 Å². The van der Waals surface area contributed by atoms with Gasteiger partial charge in [0.15, 0.2) is 11.5 Å². The minimum Gasteiger partial charge on any atom is -0.508 e. The Hall–Kier alpha value is -2.23. The van der Waals surface area contributed by atoms with Gasteiger partial charge in [0.2, 0.25) is 6.79 Å². The summed E-state index contributed by atoms with van der Waals surface area (Å²) in [5.74, 6) is 1.45. The maximum absolute atomic E-state index is 12.0. The molecule has 0 saturated carbocycles. The third kappa shape index (κ3) is 3.11. The van der Waals surface area contributed by atoms with Crippen molar-refractivity contribution in [3.8, 4) is 17.2 Å². The highest BCUT2D eigenvalue weighted by Crippen LogP contribution is 2.30. The first kappa shape index (κ1) is 11.3. The molecule has 0 unspecified atom stereocenters. The number of phenols is 1. The molecule has 0 saturated heterocycles. The number of rotatable bonds is 0. The third-order valence-electron chi connectivity index (χ3n) is 2.10. The zero-order valence-corrected chi connectivity index (χ0v) is 8.97. The van der Waals surface area contributed by atoms with E-state index in [1.165, 1.54) is 24.3 Å². The van der Waals surface area contributed by atoms with Gasteiger partial charge in [0.1, 0.15) is 11.6 Å². The molecule has 0 aliphatic carbocycles. The van der Waals surface area contributed by atoms with Crippen molar-refractivity contribution in [2.24, 2.45) is 0 Å². The normalized spacial score (nSPS) is 11.6. The van der Waals surface area contributed by atoms with Crippen LogP contribution in [-0.2, 0) is 0 Å². The van der Waals surface area contributed by atoms with E-state index in [2.05, 4.69) is 0 Å². The molecule has 0 fully saturated rings. The summed E-state index contributed by atoms with van der Waals surface area (Å²) in [4.78, 5) is 0. The molecule has 88 valence electrons. The maximum atomic E-state index is 12.0. The zero-order chi connectivity index (χ0) is 12.1. The van der Waals surface area contributed by atoms with E-state index < -0.39 is 0 Å². The van der Waals surface area contributed by atoms with Crippen molar-refractivity contribution in [2.75, 3.05) is 6.79 Å². The molecule has 0 radical (unpaired) electrons. The highest BCUT2D eigenvalue weighted by molar-refractivity contribution is 5.40. The summed E-state index contributed by atoms with van der Waals surface area (Å²) in [7, 11) is 0. The molecule has 0 amide bonds. The molecule has 0 aromatic heterocycles. The summed E-state index contributed by atoms with van der Waals surface area (Å²) in [6.07, 6.45) is 0. The third-order valence-corrected chi connectivity index (χ3v) is 2.10. The molecule has 2 aromatic rings. The van der Waals surface area contributed by atoms with Gasteiger partial charge < -0.3 is 14.6 Å². The van der Waals surface area contributed by atoms with Gasteiger partial charge in [-0.25, -0.2) is 4.39 Å². The van der Waals surface area contributed by atoms with Crippen LogP contribution >= 0.6 is 0 Å². The van der Waals surface area contributed by atoms with Gasteiger partial charge in [0, 0.05) is 0 Å². The van der Waals surface area contributed by atoms with E-state index in [-0.39, 0.29) is 11.6 Å². The van der Waals surface area contributed by atoms with Gasteiger partial charge in [-0.3, -0.25) is 0 Å². The Morgan fingerprint density at radius 3 is 1.88 bits per heavy atom. The lowest BCUT2D eigenvalue weighted by atomic mass is 10.3. The molecule has 3 rings (SSSR count). The fourth-order valence-corrected chi connectivity index (χ4v) is 1.29. The van der Waals surface area contributed by atoms with E-state index in [0.717, 1.165) is 11.5 Å². The highest BCUT2D eigenvalue weighted by Gasteiger charge is 2.09. The molecule has 17 heavy (non-hydrogen) atoms. The van der Waals surface area contributed by atoms with Crippen molar-refractivity contribution in [2.45, 2.75) is 0 Å². The Bertz CT molecular complexity index is 438. The van der Waals surface area contributed by atoms with Crippen LogP contribution in [0.15, 0.2) is 48.5 Å². The predicted molar refractivity (Wildman–Crippen MR) is 60.6 cm³/mol. The van der Waals surface area contributed by atoms with Gasteiger partial charge in [-0.05, 0) is 36.4 Å². The molecule has 1 heterocycles. The summed E-state index contributed by atoms with van der Waals surface area (Å²) in [6, 6.07) is 12.6. The second-order valence-corrected chi connectivity index (χ2v) is 3.33. The Morgan fingerprint density at radius 2 is 1.41 bits per heavy atom. The molecule has 0 spiro atoms. The lowest BCUT2D eigenvalue weighted by molar-refractivity contribution is 0.174. The standard InChI is InChI=1S/C7H6O2.C6H5FO/c1-2-4-7-6(3-1)8-5-9-7;7-5-1-3-6(8)4-2-5/h1-4H,5H2;1-4,8H. The fourth-order valence-electron chi connectivity index (χ4n) is 1.29. The van der Waals surface area contributed by atoms with Crippen molar-refractivity contribution in [3.63, 3.8) is 0 Å². The largest absolute Gasteiger partial charge is 0.508 e. The minimum absolute atomic E-state index is 0.0893. The Labute approximate surface area is 98.0 Å². The number of halogens is 1. The number of benzene rings is 2. The fraction of sp³-hybridized carbons (Fsp3) is 0.0769. The van der Waals surface area contributed by atoms with E-state index in [9.17, 15) is 4.39 Å². The number of hydrogen-bond donors (Lipinski definition) is 1. The second kappa shape index (κ2) is 5.21. The topological polar surface area (TPSA) is 38.7 Å². The predicted octanol–water partition coefficient (Wildman–Crippen LogP) is 2.95. The van der Waals surface area contributed by atoms with Crippen molar-refractivity contribution in [3.05, 3.63) is 54.3 Å². The molecule has 1 N–H and O–H groups in total. The Morgan fingerprint density at radius 1 is 0.882 bits per heavy atom. The lowest BCUT2D eigenvalue weighted by Crippen LogP contribution is -1.92. The van der Waals surface area contributed by atoms with Crippen LogP contribution in [0.4, 0.5) is 4.39 Å². The summed E-state index contributed by atoms with van der Waals surface area (Å²) < 4.78 is 22.1. The van der Waals surface area contributed by atoms with Gasteiger partial charge in [0.05, 0.1) is 0 Å². The van der Waals surface area contributed by atoms with Crippen LogP contribution < -0.4 is 9.47 Å². The molecular formula is C13H11FO3. The maximum Gasteiger partial charge on any atom is 0.231 e. The molecule has 4 heteroatoms. The molecule has 1 aliphatic heterocycles. The van der Waals surface area contributed by atoms with Crippen LogP contribution in [0.3, 0.4) is 0 Å². The lowest BCUT2D eigenvalue weighted by Gasteiger charge is -1.89. The molecule has 1 aliphatic rings. The smallest absolute Gasteiger partial charge is 0.231 e. The first-order chi connectivity index (χ1) is 8.25.